The topological polar surface area (TPSA) is 92.8 Å². The molecule has 1 aromatic rings. The molecule has 0 amide bonds. The first kappa shape index (κ1) is 11.0. The Kier molecular flexibility index (Phi) is 2.65. The summed E-state index contributed by atoms with van der Waals surface area (Å²) < 4.78 is 5.23. The van der Waals surface area contributed by atoms with Crippen LogP contribution in [0, 0.1) is 0 Å². The average molecular weight is 244 g/mol. The van der Waals surface area contributed by atoms with Crippen molar-refractivity contribution in [1.82, 2.24) is 0 Å². The number of hydrogen-bond donors (Lipinski definition) is 3. The molecular formula is C10H10ClNO4. The number of halogens is 1. The van der Waals surface area contributed by atoms with E-state index in [1.54, 1.807) is 0 Å². The fourth-order valence-electron chi connectivity index (χ4n) is 1.67. The first-order valence-corrected chi connectivity index (χ1v) is 5.05. The summed E-state index contributed by atoms with van der Waals surface area (Å²) in [4.78, 5) is 10.8. The second-order valence-corrected chi connectivity index (χ2v) is 3.91. The van der Waals surface area contributed by atoms with Crippen molar-refractivity contribution in [3.8, 4) is 11.5 Å². The van der Waals surface area contributed by atoms with Crippen molar-refractivity contribution in [3.05, 3.63) is 22.2 Å². The maximum absolute atomic E-state index is 10.8. The summed E-state index contributed by atoms with van der Waals surface area (Å²) in [6.07, 6.45) is 0.634. The van der Waals surface area contributed by atoms with E-state index < -0.39 is 12.0 Å². The molecule has 86 valence electrons. The summed E-state index contributed by atoms with van der Waals surface area (Å²) >= 11 is 5.87. The molecule has 1 aliphatic rings. The van der Waals surface area contributed by atoms with E-state index in [0.29, 0.717) is 18.8 Å². The van der Waals surface area contributed by atoms with Gasteiger partial charge in [0.1, 0.15) is 22.6 Å². The molecule has 0 bridgehead atoms. The first-order chi connectivity index (χ1) is 7.52. The highest BCUT2D eigenvalue weighted by Crippen LogP contribution is 2.43. The molecule has 1 aromatic carbocycles. The molecule has 1 atom stereocenters. The number of benzene rings is 1. The number of carboxylic acids is 1. The van der Waals surface area contributed by atoms with E-state index in [2.05, 4.69) is 0 Å². The third-order valence-electron chi connectivity index (χ3n) is 2.52. The van der Waals surface area contributed by atoms with Crippen molar-refractivity contribution in [2.75, 3.05) is 6.61 Å². The zero-order valence-electron chi connectivity index (χ0n) is 8.24. The summed E-state index contributed by atoms with van der Waals surface area (Å²) in [7, 11) is 0. The number of phenolic OH excluding ortho intramolecular Hbond substituents is 1. The Morgan fingerprint density at radius 1 is 1.62 bits per heavy atom. The lowest BCUT2D eigenvalue weighted by Gasteiger charge is -2.13. The predicted molar refractivity (Wildman–Crippen MR) is 56.9 cm³/mol. The second kappa shape index (κ2) is 3.84. The van der Waals surface area contributed by atoms with E-state index in [4.69, 9.17) is 27.2 Å². The largest absolute Gasteiger partial charge is 0.506 e. The molecule has 1 aliphatic heterocycles. The number of aliphatic carboxylic acids is 1. The number of ether oxygens (including phenoxy) is 1. The number of aromatic hydroxyl groups is 1. The van der Waals surface area contributed by atoms with Gasteiger partial charge in [-0.15, -0.1) is 0 Å². The fourth-order valence-corrected chi connectivity index (χ4v) is 1.96. The predicted octanol–water partition coefficient (Wildman–Crippen LogP) is 1.06. The second-order valence-electron chi connectivity index (χ2n) is 3.53. The molecule has 0 aromatic heterocycles. The SMILES string of the molecule is NC(C(=O)O)c1cc2c(c(Cl)c1O)OCC2. The molecule has 6 heteroatoms. The smallest absolute Gasteiger partial charge is 0.325 e. The minimum absolute atomic E-state index is 0.0294. The Labute approximate surface area is 96.4 Å². The zero-order valence-corrected chi connectivity index (χ0v) is 8.99. The van der Waals surface area contributed by atoms with Gasteiger partial charge in [-0.1, -0.05) is 11.6 Å². The van der Waals surface area contributed by atoms with Gasteiger partial charge >= 0.3 is 5.97 Å². The van der Waals surface area contributed by atoms with Crippen molar-refractivity contribution < 1.29 is 19.7 Å². The third kappa shape index (κ3) is 1.58. The normalized spacial score (nSPS) is 15.4. The summed E-state index contributed by atoms with van der Waals surface area (Å²) in [5, 5.41) is 18.5. The molecule has 1 heterocycles. The van der Waals surface area contributed by atoms with E-state index in [9.17, 15) is 9.90 Å². The minimum Gasteiger partial charge on any atom is -0.506 e. The highest BCUT2D eigenvalue weighted by molar-refractivity contribution is 6.33. The Hall–Kier alpha value is -1.46. The standard InChI is InChI=1S/C10H10ClNO4/c11-6-8(13)5(7(12)10(14)15)3-4-1-2-16-9(4)6/h3,7,13H,1-2,12H2,(H,14,15). The van der Waals surface area contributed by atoms with E-state index in [0.717, 1.165) is 5.56 Å². The van der Waals surface area contributed by atoms with Crippen LogP contribution < -0.4 is 10.5 Å². The van der Waals surface area contributed by atoms with Gasteiger partial charge in [-0.25, -0.2) is 0 Å². The number of carboxylic acid groups (broad SMARTS) is 1. The Balaban J connectivity index is 2.56. The Bertz CT molecular complexity index is 461. The quantitative estimate of drug-likeness (QED) is 0.722. The number of rotatable bonds is 2. The van der Waals surface area contributed by atoms with Crippen LogP contribution in [0.2, 0.25) is 5.02 Å². The van der Waals surface area contributed by atoms with Gasteiger partial charge in [-0.3, -0.25) is 4.79 Å². The van der Waals surface area contributed by atoms with Gasteiger partial charge in [-0.2, -0.15) is 0 Å². The number of fused-ring (bicyclic) bond motifs is 1. The molecule has 4 N–H and O–H groups in total. The van der Waals surface area contributed by atoms with Gasteiger partial charge in [-0.05, 0) is 11.6 Å². The van der Waals surface area contributed by atoms with Gasteiger partial charge < -0.3 is 20.7 Å². The molecule has 0 saturated heterocycles. The number of hydrogen-bond acceptors (Lipinski definition) is 4. The lowest BCUT2D eigenvalue weighted by molar-refractivity contribution is -0.138. The summed E-state index contributed by atoms with van der Waals surface area (Å²) in [5.41, 5.74) is 6.33. The molecule has 0 spiro atoms. The summed E-state index contributed by atoms with van der Waals surface area (Å²) in [6.45, 7) is 0.472. The van der Waals surface area contributed by atoms with Gasteiger partial charge in [0.05, 0.1) is 6.61 Å². The van der Waals surface area contributed by atoms with Crippen molar-refractivity contribution in [3.63, 3.8) is 0 Å². The van der Waals surface area contributed by atoms with Crippen LogP contribution in [0.5, 0.6) is 11.5 Å². The van der Waals surface area contributed by atoms with Crippen molar-refractivity contribution in [1.29, 1.82) is 0 Å². The van der Waals surface area contributed by atoms with Crippen molar-refractivity contribution >= 4 is 17.6 Å². The van der Waals surface area contributed by atoms with E-state index >= 15 is 0 Å². The molecule has 2 rings (SSSR count). The van der Waals surface area contributed by atoms with E-state index in [1.807, 2.05) is 0 Å². The number of carbonyl (C=O) groups is 1. The van der Waals surface area contributed by atoms with E-state index in [1.165, 1.54) is 6.07 Å². The van der Waals surface area contributed by atoms with Gasteiger partial charge in [0.15, 0.2) is 0 Å². The lowest BCUT2D eigenvalue weighted by Crippen LogP contribution is -2.20. The lowest BCUT2D eigenvalue weighted by atomic mass is 10.0. The monoisotopic (exact) mass is 243 g/mol. The highest BCUT2D eigenvalue weighted by Gasteiger charge is 2.26. The molecule has 16 heavy (non-hydrogen) atoms. The fraction of sp³-hybridized carbons (Fsp3) is 0.300. The summed E-state index contributed by atoms with van der Waals surface area (Å²) in [6, 6.07) is 0.242. The molecule has 0 aliphatic carbocycles. The van der Waals surface area contributed by atoms with Crippen LogP contribution in [0.15, 0.2) is 6.07 Å². The number of phenols is 1. The van der Waals surface area contributed by atoms with Crippen LogP contribution in [0.3, 0.4) is 0 Å². The summed E-state index contributed by atoms with van der Waals surface area (Å²) in [5.74, 6) is -1.12. The third-order valence-corrected chi connectivity index (χ3v) is 2.87. The molecule has 5 nitrogen and oxygen atoms in total. The number of nitrogens with two attached hydrogens (primary N) is 1. The molecule has 0 fully saturated rings. The molecule has 0 radical (unpaired) electrons. The first-order valence-electron chi connectivity index (χ1n) is 4.67. The Morgan fingerprint density at radius 3 is 2.94 bits per heavy atom. The van der Waals surface area contributed by atoms with Crippen molar-refractivity contribution in [2.45, 2.75) is 12.5 Å². The van der Waals surface area contributed by atoms with Crippen LogP contribution in [-0.2, 0) is 11.2 Å². The van der Waals surface area contributed by atoms with Crippen LogP contribution in [0.1, 0.15) is 17.2 Å². The van der Waals surface area contributed by atoms with Crippen LogP contribution >= 0.6 is 11.6 Å². The average Bonchev–Trinajstić information content (AvgIpc) is 2.70. The van der Waals surface area contributed by atoms with Gasteiger partial charge in [0, 0.05) is 12.0 Å². The Morgan fingerprint density at radius 2 is 2.31 bits per heavy atom. The zero-order chi connectivity index (χ0) is 11.9. The van der Waals surface area contributed by atoms with Gasteiger partial charge in [0.2, 0.25) is 0 Å². The van der Waals surface area contributed by atoms with Crippen LogP contribution in [0.4, 0.5) is 0 Å². The van der Waals surface area contributed by atoms with E-state index in [-0.39, 0.29) is 16.3 Å². The maximum Gasteiger partial charge on any atom is 0.325 e. The van der Waals surface area contributed by atoms with Crippen LogP contribution in [-0.4, -0.2) is 22.8 Å². The maximum atomic E-state index is 10.8. The molecule has 0 saturated carbocycles. The highest BCUT2D eigenvalue weighted by atomic mass is 35.5. The van der Waals surface area contributed by atoms with Crippen LogP contribution in [0.25, 0.3) is 0 Å². The minimum atomic E-state index is -1.29. The van der Waals surface area contributed by atoms with Crippen molar-refractivity contribution in [2.24, 2.45) is 5.73 Å². The molecule has 1 unspecified atom stereocenters. The van der Waals surface area contributed by atoms with Gasteiger partial charge in [0.25, 0.3) is 0 Å². The molecular weight excluding hydrogens is 234 g/mol.